The predicted molar refractivity (Wildman–Crippen MR) is 174 cm³/mol. The minimum Gasteiger partial charge on any atom is -0.339 e. The van der Waals surface area contributed by atoms with Crippen molar-refractivity contribution in [2.45, 2.75) is 24.5 Å². The van der Waals surface area contributed by atoms with Gasteiger partial charge < -0.3 is 19.6 Å². The summed E-state index contributed by atoms with van der Waals surface area (Å²) in [6.45, 7) is 0.928. The van der Waals surface area contributed by atoms with Crippen LogP contribution in [0.3, 0.4) is 0 Å². The van der Waals surface area contributed by atoms with Crippen LogP contribution in [-0.2, 0) is 4.57 Å². The van der Waals surface area contributed by atoms with Gasteiger partial charge in [-0.3, -0.25) is 18.9 Å². The molecule has 1 aliphatic heterocycles. The molecule has 8 nitrogen and oxygen atoms in total. The fourth-order valence-corrected chi connectivity index (χ4v) is 7.22. The van der Waals surface area contributed by atoms with Crippen molar-refractivity contribution in [1.82, 2.24) is 9.80 Å². The molecule has 0 saturated carbocycles. The van der Waals surface area contributed by atoms with Crippen LogP contribution < -0.4 is 0 Å². The summed E-state index contributed by atoms with van der Waals surface area (Å²) in [5, 5.41) is 3.47. The first-order chi connectivity index (χ1) is 21.6. The standard InChI is InChI=1S/C36H33N2O6P/c1-37(30-17-19-38(20-18-30)35(40)29-16-15-24-9-5-6-12-26(24)21-29)36(41)32-23-28-14-8-7-13-27(28)22-31(32)33(39)34(45(42,43)44)25-10-3-2-4-11-25/h2-16,21-23,30,34H,17-20H2,1H3,(H2,42,43,44). The summed E-state index contributed by atoms with van der Waals surface area (Å²) >= 11 is 0. The van der Waals surface area contributed by atoms with Gasteiger partial charge >= 0.3 is 7.60 Å². The Kier molecular flexibility index (Phi) is 8.38. The van der Waals surface area contributed by atoms with Crippen molar-refractivity contribution in [3.8, 4) is 0 Å². The third-order valence-electron chi connectivity index (χ3n) is 8.70. The number of benzene rings is 5. The molecule has 0 aromatic heterocycles. The molecule has 2 amide bonds. The summed E-state index contributed by atoms with van der Waals surface area (Å²) in [6, 6.07) is 31.7. The van der Waals surface area contributed by atoms with Gasteiger partial charge in [0, 0.05) is 37.3 Å². The highest BCUT2D eigenvalue weighted by molar-refractivity contribution is 7.53. The van der Waals surface area contributed by atoms with E-state index in [0.29, 0.717) is 36.9 Å². The third kappa shape index (κ3) is 6.18. The summed E-state index contributed by atoms with van der Waals surface area (Å²) in [4.78, 5) is 65.4. The van der Waals surface area contributed by atoms with Crippen LogP contribution in [0.4, 0.5) is 0 Å². The Morgan fingerprint density at radius 1 is 0.733 bits per heavy atom. The zero-order valence-corrected chi connectivity index (χ0v) is 25.6. The van der Waals surface area contributed by atoms with Gasteiger partial charge in [0.1, 0.15) is 5.66 Å². The van der Waals surface area contributed by atoms with Crippen molar-refractivity contribution in [2.24, 2.45) is 0 Å². The second kappa shape index (κ2) is 12.4. The number of likely N-dealkylation sites (tertiary alicyclic amines) is 1. The molecule has 1 unspecified atom stereocenters. The van der Waals surface area contributed by atoms with Gasteiger partial charge in [-0.2, -0.15) is 0 Å². The van der Waals surface area contributed by atoms with Gasteiger partial charge in [0.05, 0.1) is 5.56 Å². The molecule has 1 fully saturated rings. The first-order valence-electron chi connectivity index (χ1n) is 14.8. The van der Waals surface area contributed by atoms with E-state index in [2.05, 4.69) is 0 Å². The van der Waals surface area contributed by atoms with Crippen LogP contribution in [0.25, 0.3) is 21.5 Å². The zero-order valence-electron chi connectivity index (χ0n) is 24.7. The minimum atomic E-state index is -4.95. The van der Waals surface area contributed by atoms with Crippen LogP contribution in [0.1, 0.15) is 55.1 Å². The van der Waals surface area contributed by atoms with Crippen LogP contribution in [-0.4, -0.2) is 63.4 Å². The van der Waals surface area contributed by atoms with Crippen molar-refractivity contribution in [3.05, 3.63) is 131 Å². The van der Waals surface area contributed by atoms with Crippen molar-refractivity contribution in [1.29, 1.82) is 0 Å². The molecular weight excluding hydrogens is 587 g/mol. The van der Waals surface area contributed by atoms with Gasteiger partial charge in [-0.1, -0.05) is 84.9 Å². The Morgan fingerprint density at radius 2 is 1.27 bits per heavy atom. The Hall–Kier alpha value is -4.62. The highest BCUT2D eigenvalue weighted by Gasteiger charge is 2.40. The molecule has 0 radical (unpaired) electrons. The summed E-state index contributed by atoms with van der Waals surface area (Å²) in [5.41, 5.74) is -0.897. The average molecular weight is 621 g/mol. The maximum Gasteiger partial charge on any atom is 0.340 e. The number of ketones is 1. The van der Waals surface area contributed by atoms with Crippen LogP contribution in [0, 0.1) is 0 Å². The van der Waals surface area contributed by atoms with Gasteiger partial charge in [-0.25, -0.2) is 0 Å². The fourth-order valence-electron chi connectivity index (χ4n) is 6.22. The van der Waals surface area contributed by atoms with Crippen molar-refractivity contribution in [3.63, 3.8) is 0 Å². The molecule has 0 aliphatic carbocycles. The molecule has 9 heteroatoms. The highest BCUT2D eigenvalue weighted by Crippen LogP contribution is 2.53. The quantitative estimate of drug-likeness (QED) is 0.159. The second-order valence-corrected chi connectivity index (χ2v) is 13.2. The molecule has 2 N–H and O–H groups in total. The van der Waals surface area contributed by atoms with Crippen LogP contribution in [0.2, 0.25) is 0 Å². The normalized spacial score (nSPS) is 14.8. The zero-order chi connectivity index (χ0) is 31.7. The van der Waals surface area contributed by atoms with E-state index in [4.69, 9.17) is 0 Å². The molecule has 1 aliphatic rings. The monoisotopic (exact) mass is 620 g/mol. The molecular formula is C36H33N2O6P. The number of nitrogens with zero attached hydrogens (tertiary/aromatic N) is 2. The summed E-state index contributed by atoms with van der Waals surface area (Å²) < 4.78 is 12.7. The fraction of sp³-hybridized carbons (Fsp3) is 0.194. The number of piperidine rings is 1. The predicted octanol–water partition coefficient (Wildman–Crippen LogP) is 6.47. The van der Waals surface area contributed by atoms with Gasteiger partial charge in [0.2, 0.25) is 0 Å². The van der Waals surface area contributed by atoms with E-state index in [1.807, 2.05) is 54.6 Å². The van der Waals surface area contributed by atoms with E-state index in [-0.39, 0.29) is 28.6 Å². The highest BCUT2D eigenvalue weighted by atomic mass is 31.2. The number of fused-ring (bicyclic) bond motifs is 2. The second-order valence-electron chi connectivity index (χ2n) is 11.5. The van der Waals surface area contributed by atoms with E-state index in [1.165, 1.54) is 12.1 Å². The van der Waals surface area contributed by atoms with Crippen molar-refractivity contribution in [2.75, 3.05) is 20.1 Å². The van der Waals surface area contributed by atoms with Gasteiger partial charge in [-0.05, 0) is 64.2 Å². The number of hydrogen-bond donors (Lipinski definition) is 2. The van der Waals surface area contributed by atoms with E-state index in [1.54, 1.807) is 59.3 Å². The Bertz CT molecular complexity index is 1960. The molecule has 1 atom stereocenters. The average Bonchev–Trinajstić information content (AvgIpc) is 3.06. The molecule has 6 rings (SSSR count). The molecule has 228 valence electrons. The summed E-state index contributed by atoms with van der Waals surface area (Å²) in [5.74, 6) is -1.28. The Labute approximate surface area is 261 Å². The van der Waals surface area contributed by atoms with E-state index >= 15 is 0 Å². The number of carbonyl (C=O) groups excluding carboxylic acids is 3. The number of rotatable bonds is 7. The third-order valence-corrected chi connectivity index (χ3v) is 9.90. The SMILES string of the molecule is CN(C(=O)c1cc2ccccc2cc1C(=O)C(c1ccccc1)P(=O)(O)O)C1CCN(C(=O)c2ccc3ccccc3c2)CC1. The maximum absolute atomic E-state index is 14.1. The summed E-state index contributed by atoms with van der Waals surface area (Å²) in [7, 11) is -3.27. The molecule has 1 heterocycles. The molecule has 0 bridgehead atoms. The molecule has 45 heavy (non-hydrogen) atoms. The van der Waals surface area contributed by atoms with Crippen molar-refractivity contribution >= 4 is 46.7 Å². The van der Waals surface area contributed by atoms with E-state index in [0.717, 1.165) is 16.2 Å². The van der Waals surface area contributed by atoms with Crippen LogP contribution in [0.15, 0.2) is 109 Å². The molecule has 0 spiro atoms. The van der Waals surface area contributed by atoms with Gasteiger partial charge in [0.15, 0.2) is 5.78 Å². The topological polar surface area (TPSA) is 115 Å². The molecule has 5 aromatic rings. The lowest BCUT2D eigenvalue weighted by atomic mass is 9.93. The lowest BCUT2D eigenvalue weighted by Crippen LogP contribution is -2.47. The van der Waals surface area contributed by atoms with Crippen LogP contribution >= 0.6 is 7.60 Å². The first-order valence-corrected chi connectivity index (χ1v) is 16.5. The Morgan fingerprint density at radius 3 is 1.87 bits per heavy atom. The minimum absolute atomic E-state index is 0.0355. The van der Waals surface area contributed by atoms with Gasteiger partial charge in [-0.15, -0.1) is 0 Å². The van der Waals surface area contributed by atoms with Crippen molar-refractivity contribution < 1.29 is 28.7 Å². The molecule has 5 aromatic carbocycles. The Balaban J connectivity index is 1.25. The number of Topliss-reactive ketones (excluding diaryl/α,β-unsaturated/α-hetero) is 1. The van der Waals surface area contributed by atoms with E-state index < -0.39 is 24.9 Å². The van der Waals surface area contributed by atoms with Crippen LogP contribution in [0.5, 0.6) is 0 Å². The summed E-state index contributed by atoms with van der Waals surface area (Å²) in [6.07, 6.45) is 1.10. The largest absolute Gasteiger partial charge is 0.340 e. The lowest BCUT2D eigenvalue weighted by molar-refractivity contribution is 0.0567. The first kappa shape index (κ1) is 30.4. The number of amides is 2. The van der Waals surface area contributed by atoms with Gasteiger partial charge in [0.25, 0.3) is 11.8 Å². The van der Waals surface area contributed by atoms with E-state index in [9.17, 15) is 28.7 Å². The smallest absolute Gasteiger partial charge is 0.339 e. The number of hydrogen-bond acceptors (Lipinski definition) is 4. The molecule has 1 saturated heterocycles. The maximum atomic E-state index is 14.1. The number of carbonyl (C=O) groups is 3. The lowest BCUT2D eigenvalue weighted by Gasteiger charge is -2.37.